The van der Waals surface area contributed by atoms with Gasteiger partial charge >= 0.3 is 0 Å². The van der Waals surface area contributed by atoms with Crippen LogP contribution in [0.4, 0.5) is 0 Å². The number of piperazine rings is 1. The smallest absolute Gasteiger partial charge is 0.267 e. The molecule has 1 fully saturated rings. The van der Waals surface area contributed by atoms with Crippen LogP contribution in [0.25, 0.3) is 12.2 Å². The molecule has 1 amide bonds. The number of nitrogens with zero attached hydrogens (tertiary/aromatic N) is 3. The summed E-state index contributed by atoms with van der Waals surface area (Å²) in [6.07, 6.45) is 7.50. The average Bonchev–Trinajstić information content (AvgIpc) is 2.78. The second-order valence-corrected chi connectivity index (χ2v) is 7.30. The van der Waals surface area contributed by atoms with Crippen LogP contribution in [0.3, 0.4) is 0 Å². The first kappa shape index (κ1) is 30.7. The van der Waals surface area contributed by atoms with Crippen LogP contribution in [-0.4, -0.2) is 64.9 Å². The van der Waals surface area contributed by atoms with Crippen LogP contribution in [0.15, 0.2) is 54.7 Å². The highest BCUT2D eigenvalue weighted by Gasteiger charge is 2.13. The van der Waals surface area contributed by atoms with Gasteiger partial charge in [-0.1, -0.05) is 30.3 Å². The number of hydroxylamine groups is 1. The zero-order chi connectivity index (χ0) is 21.3. The Morgan fingerprint density at radius 3 is 2.21 bits per heavy atom. The van der Waals surface area contributed by atoms with E-state index < -0.39 is 5.91 Å². The van der Waals surface area contributed by atoms with Gasteiger partial charge in [0.15, 0.2) is 5.78 Å². The molecule has 2 heterocycles. The van der Waals surface area contributed by atoms with Crippen LogP contribution in [0.2, 0.25) is 0 Å². The molecular formula is C23H29Cl3N4O3. The van der Waals surface area contributed by atoms with Gasteiger partial charge in [-0.15, -0.1) is 37.2 Å². The number of carbonyl (C=O) groups excluding carboxylic acids is 2. The maximum absolute atomic E-state index is 12.4. The second-order valence-electron chi connectivity index (χ2n) is 7.30. The van der Waals surface area contributed by atoms with Crippen molar-refractivity contribution in [3.8, 4) is 0 Å². The molecule has 1 aromatic carbocycles. The van der Waals surface area contributed by atoms with Gasteiger partial charge in [-0.05, 0) is 42.5 Å². The molecule has 0 aliphatic carbocycles. The number of halogens is 3. The van der Waals surface area contributed by atoms with Crippen molar-refractivity contribution in [2.24, 2.45) is 0 Å². The molecule has 33 heavy (non-hydrogen) atoms. The summed E-state index contributed by atoms with van der Waals surface area (Å²) in [5.41, 5.74) is 4.72. The van der Waals surface area contributed by atoms with E-state index in [1.807, 2.05) is 24.3 Å². The first-order valence-electron chi connectivity index (χ1n) is 9.84. The van der Waals surface area contributed by atoms with Gasteiger partial charge in [0.05, 0.1) is 5.69 Å². The van der Waals surface area contributed by atoms with Crippen LogP contribution in [-0.2, 0) is 11.3 Å². The van der Waals surface area contributed by atoms with Crippen LogP contribution in [0.1, 0.15) is 27.2 Å². The highest BCUT2D eigenvalue weighted by atomic mass is 35.5. The monoisotopic (exact) mass is 514 g/mol. The van der Waals surface area contributed by atoms with Crippen LogP contribution in [0.5, 0.6) is 0 Å². The van der Waals surface area contributed by atoms with Crippen molar-refractivity contribution < 1.29 is 14.8 Å². The van der Waals surface area contributed by atoms with E-state index in [0.29, 0.717) is 11.3 Å². The predicted molar refractivity (Wildman–Crippen MR) is 138 cm³/mol. The van der Waals surface area contributed by atoms with Crippen molar-refractivity contribution in [3.05, 3.63) is 77.1 Å². The largest absolute Gasteiger partial charge is 0.304 e. The van der Waals surface area contributed by atoms with Crippen molar-refractivity contribution in [2.75, 3.05) is 33.2 Å². The lowest BCUT2D eigenvalue weighted by atomic mass is 10.1. The van der Waals surface area contributed by atoms with E-state index in [-0.39, 0.29) is 43.0 Å². The number of allylic oxidation sites excluding steroid dienone is 1. The molecule has 0 bridgehead atoms. The highest BCUT2D eigenvalue weighted by molar-refractivity contribution is 6.06. The number of hydrogen-bond donors (Lipinski definition) is 2. The van der Waals surface area contributed by atoms with Crippen LogP contribution in [0, 0.1) is 0 Å². The van der Waals surface area contributed by atoms with Crippen LogP contribution < -0.4 is 5.48 Å². The van der Waals surface area contributed by atoms with Crippen molar-refractivity contribution in [1.29, 1.82) is 0 Å². The number of aromatic nitrogens is 1. The minimum absolute atomic E-state index is 0. The summed E-state index contributed by atoms with van der Waals surface area (Å²) < 4.78 is 0. The fourth-order valence-electron chi connectivity index (χ4n) is 3.12. The molecule has 1 aromatic heterocycles. The number of likely N-dealkylation sites (N-methyl/N-ethyl adjacent to an activating group) is 1. The van der Waals surface area contributed by atoms with Gasteiger partial charge < -0.3 is 4.90 Å². The van der Waals surface area contributed by atoms with Crippen molar-refractivity contribution >= 4 is 61.1 Å². The van der Waals surface area contributed by atoms with E-state index in [4.69, 9.17) is 5.21 Å². The fourth-order valence-corrected chi connectivity index (χ4v) is 3.12. The molecule has 3 rings (SSSR count). The number of carbonyl (C=O) groups is 2. The highest BCUT2D eigenvalue weighted by Crippen LogP contribution is 2.12. The minimum Gasteiger partial charge on any atom is -0.304 e. The van der Waals surface area contributed by atoms with Crippen LogP contribution >= 0.6 is 37.2 Å². The summed E-state index contributed by atoms with van der Waals surface area (Å²) in [5.74, 6) is -0.689. The number of benzene rings is 1. The molecule has 1 aliphatic heterocycles. The fraction of sp³-hybridized carbons (Fsp3) is 0.261. The lowest BCUT2D eigenvalue weighted by molar-refractivity contribution is -0.124. The van der Waals surface area contributed by atoms with E-state index >= 15 is 0 Å². The minimum atomic E-state index is -0.624. The summed E-state index contributed by atoms with van der Waals surface area (Å²) in [6, 6.07) is 11.3. The average molecular weight is 516 g/mol. The van der Waals surface area contributed by atoms with Gasteiger partial charge in [0.25, 0.3) is 5.91 Å². The van der Waals surface area contributed by atoms with Gasteiger partial charge in [0.1, 0.15) is 0 Å². The number of hydrogen-bond acceptors (Lipinski definition) is 6. The van der Waals surface area contributed by atoms with E-state index in [2.05, 4.69) is 21.8 Å². The van der Waals surface area contributed by atoms with Crippen molar-refractivity contribution in [2.45, 2.75) is 6.54 Å². The van der Waals surface area contributed by atoms with Gasteiger partial charge in [-0.2, -0.15) is 0 Å². The van der Waals surface area contributed by atoms with Gasteiger partial charge in [0.2, 0.25) is 0 Å². The summed E-state index contributed by atoms with van der Waals surface area (Å²) in [4.78, 5) is 32.4. The third kappa shape index (κ3) is 10.0. The van der Waals surface area contributed by atoms with Crippen molar-refractivity contribution in [3.63, 3.8) is 0 Å². The first-order chi connectivity index (χ1) is 14.5. The predicted octanol–water partition coefficient (Wildman–Crippen LogP) is 3.51. The molecule has 0 atom stereocenters. The molecule has 7 nitrogen and oxygen atoms in total. The molecule has 0 spiro atoms. The number of nitrogens with one attached hydrogen (secondary N) is 1. The number of ketones is 1. The quantitative estimate of drug-likeness (QED) is 0.254. The summed E-state index contributed by atoms with van der Waals surface area (Å²) in [7, 11) is 2.14. The normalized spacial score (nSPS) is 14.2. The number of amides is 1. The van der Waals surface area contributed by atoms with E-state index in [1.165, 1.54) is 29.3 Å². The molecule has 2 N–H and O–H groups in total. The maximum atomic E-state index is 12.4. The Morgan fingerprint density at radius 2 is 1.64 bits per heavy atom. The Bertz CT molecular complexity index is 927. The molecule has 0 saturated carbocycles. The number of pyridine rings is 1. The third-order valence-electron chi connectivity index (χ3n) is 4.99. The maximum Gasteiger partial charge on any atom is 0.267 e. The zero-order valence-corrected chi connectivity index (χ0v) is 20.7. The van der Waals surface area contributed by atoms with Gasteiger partial charge in [0, 0.05) is 50.6 Å². The topological polar surface area (TPSA) is 85.8 Å². The summed E-state index contributed by atoms with van der Waals surface area (Å²) >= 11 is 0. The molecule has 2 aromatic rings. The Morgan fingerprint density at radius 1 is 0.970 bits per heavy atom. The molecule has 1 saturated heterocycles. The standard InChI is InChI=1S/C23H26N4O3.3ClH/c1-26-12-14-27(15-13-26)17-19-2-6-20(7-3-19)22(28)10-5-18-4-8-21(24-16-18)9-11-23(29)25-30;;;/h2-11,16,30H,12-15,17H2,1H3,(H,25,29);3*1H/b10-5+,11-9+;;;. The third-order valence-corrected chi connectivity index (χ3v) is 4.99. The molecule has 10 heteroatoms. The second kappa shape index (κ2) is 15.6. The Hall–Kier alpha value is -2.26. The molecular weight excluding hydrogens is 487 g/mol. The molecule has 180 valence electrons. The SMILES string of the molecule is CN1CCN(Cc2ccc(C(=O)/C=C/c3ccc(/C=C/C(=O)NO)nc3)cc2)CC1.Cl.Cl.Cl. The van der Waals surface area contributed by atoms with E-state index in [1.54, 1.807) is 24.4 Å². The Kier molecular flexibility index (Phi) is 14.5. The molecule has 0 radical (unpaired) electrons. The van der Waals surface area contributed by atoms with Crippen molar-refractivity contribution in [1.82, 2.24) is 20.3 Å². The van der Waals surface area contributed by atoms with E-state index in [0.717, 1.165) is 38.3 Å². The Labute approximate surface area is 212 Å². The molecule has 1 aliphatic rings. The lowest BCUT2D eigenvalue weighted by Gasteiger charge is -2.32. The summed E-state index contributed by atoms with van der Waals surface area (Å²) in [5, 5.41) is 8.45. The van der Waals surface area contributed by atoms with Gasteiger partial charge in [-0.25, -0.2) is 5.48 Å². The zero-order valence-electron chi connectivity index (χ0n) is 18.2. The summed E-state index contributed by atoms with van der Waals surface area (Å²) in [6.45, 7) is 5.22. The van der Waals surface area contributed by atoms with E-state index in [9.17, 15) is 9.59 Å². The van der Waals surface area contributed by atoms with Gasteiger partial charge in [-0.3, -0.25) is 24.7 Å². The number of rotatable bonds is 7. The molecule has 0 unspecified atom stereocenters. The lowest BCUT2D eigenvalue weighted by Crippen LogP contribution is -2.43. The Balaban J connectivity index is 0.00000341. The first-order valence-corrected chi connectivity index (χ1v) is 9.84.